The summed E-state index contributed by atoms with van der Waals surface area (Å²) < 4.78 is 1.80. The number of benzene rings is 2. The molecule has 28 heavy (non-hydrogen) atoms. The van der Waals surface area contributed by atoms with Crippen LogP contribution in [0.5, 0.6) is 0 Å². The normalized spacial score (nSPS) is 19.7. The first kappa shape index (κ1) is 18.6. The highest BCUT2D eigenvalue weighted by Crippen LogP contribution is 2.23. The number of fused-ring (bicyclic) bond motifs is 1. The number of aromatic amines is 1. The minimum Gasteiger partial charge on any atom is -0.338 e. The smallest absolute Gasteiger partial charge is 0.266 e. The van der Waals surface area contributed by atoms with Crippen LogP contribution in [0, 0.1) is 16.6 Å². The molecule has 0 radical (unpaired) electrons. The predicted octanol–water partition coefficient (Wildman–Crippen LogP) is 4.17. The highest BCUT2D eigenvalue weighted by atomic mass is 32.1. The first-order chi connectivity index (χ1) is 13.4. The van der Waals surface area contributed by atoms with Gasteiger partial charge in [-0.2, -0.15) is 0 Å². The lowest BCUT2D eigenvalue weighted by Gasteiger charge is -2.35. The molecule has 2 atom stereocenters. The number of amides is 1. The van der Waals surface area contributed by atoms with Gasteiger partial charge in [0.15, 0.2) is 4.77 Å². The molecule has 5 nitrogen and oxygen atoms in total. The molecule has 144 valence electrons. The Balaban J connectivity index is 1.67. The maximum absolute atomic E-state index is 12.9. The zero-order chi connectivity index (χ0) is 19.8. The van der Waals surface area contributed by atoms with Gasteiger partial charge in [0.25, 0.3) is 11.5 Å². The summed E-state index contributed by atoms with van der Waals surface area (Å²) in [6.45, 7) is 5.96. The number of para-hydroxylation sites is 1. The van der Waals surface area contributed by atoms with Crippen molar-refractivity contribution in [2.75, 3.05) is 13.1 Å². The summed E-state index contributed by atoms with van der Waals surface area (Å²) in [5.74, 6) is 1.07. The lowest BCUT2D eigenvalue weighted by atomic mass is 9.91. The maximum atomic E-state index is 12.9. The summed E-state index contributed by atoms with van der Waals surface area (Å²) in [5, 5.41) is 0.576. The van der Waals surface area contributed by atoms with Gasteiger partial charge < -0.3 is 9.88 Å². The third kappa shape index (κ3) is 3.40. The summed E-state index contributed by atoms with van der Waals surface area (Å²) in [5.41, 5.74) is 1.83. The van der Waals surface area contributed by atoms with Crippen molar-refractivity contribution in [2.45, 2.75) is 20.3 Å². The molecular weight excluding hydrogens is 370 g/mol. The zero-order valence-electron chi connectivity index (χ0n) is 16.0. The van der Waals surface area contributed by atoms with Crippen LogP contribution in [0.4, 0.5) is 0 Å². The standard InChI is InChI=1S/C22H23N3O2S/c1-14-11-15(2)13-24(12-14)20(26)16-7-9-17(10-8-16)25-21(27)18-5-3-4-6-19(18)23-22(25)28/h3-10,14-15H,11-13H2,1-2H3,(H,23,28). The molecule has 0 spiro atoms. The Bertz CT molecular complexity index is 1140. The second kappa shape index (κ2) is 7.36. The highest BCUT2D eigenvalue weighted by molar-refractivity contribution is 7.71. The molecule has 0 bridgehead atoms. The molecule has 1 fully saturated rings. The van der Waals surface area contributed by atoms with Crippen LogP contribution in [0.15, 0.2) is 53.3 Å². The SMILES string of the molecule is CC1CC(C)CN(C(=O)c2ccc(-n3c(=S)[nH]c4ccccc4c3=O)cc2)C1. The number of hydrogen-bond acceptors (Lipinski definition) is 3. The summed E-state index contributed by atoms with van der Waals surface area (Å²) in [6.07, 6.45) is 1.16. The summed E-state index contributed by atoms with van der Waals surface area (Å²) >= 11 is 5.39. The van der Waals surface area contributed by atoms with Crippen LogP contribution in [0.3, 0.4) is 0 Å². The quantitative estimate of drug-likeness (QED) is 0.665. The maximum Gasteiger partial charge on any atom is 0.266 e. The molecule has 1 aliphatic heterocycles. The average molecular weight is 394 g/mol. The van der Waals surface area contributed by atoms with Crippen LogP contribution in [-0.4, -0.2) is 33.4 Å². The van der Waals surface area contributed by atoms with E-state index in [1.807, 2.05) is 23.1 Å². The minimum absolute atomic E-state index is 0.0426. The molecule has 6 heteroatoms. The molecule has 1 aromatic heterocycles. The van der Waals surface area contributed by atoms with Crippen molar-refractivity contribution in [1.82, 2.24) is 14.5 Å². The van der Waals surface area contributed by atoms with E-state index in [-0.39, 0.29) is 11.5 Å². The summed E-state index contributed by atoms with van der Waals surface area (Å²) in [7, 11) is 0. The van der Waals surface area contributed by atoms with E-state index >= 15 is 0 Å². The number of piperidine rings is 1. The molecule has 1 amide bonds. The minimum atomic E-state index is -0.169. The lowest BCUT2D eigenvalue weighted by Crippen LogP contribution is -2.42. The van der Waals surface area contributed by atoms with Gasteiger partial charge in [-0.05, 0) is 66.9 Å². The van der Waals surface area contributed by atoms with Gasteiger partial charge in [0.2, 0.25) is 0 Å². The summed E-state index contributed by atoms with van der Waals surface area (Å²) in [4.78, 5) is 30.8. The number of hydrogen-bond donors (Lipinski definition) is 1. The third-order valence-electron chi connectivity index (χ3n) is 5.33. The molecule has 2 aromatic carbocycles. The Hall–Kier alpha value is -2.73. The van der Waals surface area contributed by atoms with E-state index in [2.05, 4.69) is 18.8 Å². The fourth-order valence-corrected chi connectivity index (χ4v) is 4.46. The first-order valence-corrected chi connectivity index (χ1v) is 9.98. The van der Waals surface area contributed by atoms with E-state index in [1.54, 1.807) is 30.3 Å². The van der Waals surface area contributed by atoms with E-state index in [1.165, 1.54) is 4.57 Å². The van der Waals surface area contributed by atoms with Gasteiger partial charge in [0.05, 0.1) is 16.6 Å². The Morgan fingerprint density at radius 1 is 1.04 bits per heavy atom. The fourth-order valence-electron chi connectivity index (χ4n) is 4.16. The molecule has 2 unspecified atom stereocenters. The molecule has 4 rings (SSSR count). The Morgan fingerprint density at radius 3 is 2.36 bits per heavy atom. The molecule has 2 heterocycles. The number of aromatic nitrogens is 2. The highest BCUT2D eigenvalue weighted by Gasteiger charge is 2.26. The van der Waals surface area contributed by atoms with Gasteiger partial charge in [-0.25, -0.2) is 0 Å². The lowest BCUT2D eigenvalue weighted by molar-refractivity contribution is 0.0623. The van der Waals surface area contributed by atoms with E-state index in [9.17, 15) is 9.59 Å². The monoisotopic (exact) mass is 393 g/mol. The second-order valence-electron chi connectivity index (χ2n) is 7.82. The number of rotatable bonds is 2. The Kier molecular flexibility index (Phi) is 4.89. The fraction of sp³-hybridized carbons (Fsp3) is 0.318. The zero-order valence-corrected chi connectivity index (χ0v) is 16.8. The number of nitrogens with zero attached hydrogens (tertiary/aromatic N) is 2. The molecule has 1 aliphatic rings. The van der Waals surface area contributed by atoms with Crippen molar-refractivity contribution in [1.29, 1.82) is 0 Å². The van der Waals surface area contributed by atoms with Crippen molar-refractivity contribution in [3.8, 4) is 5.69 Å². The molecule has 0 saturated carbocycles. The average Bonchev–Trinajstić information content (AvgIpc) is 2.67. The predicted molar refractivity (Wildman–Crippen MR) is 114 cm³/mol. The number of likely N-dealkylation sites (tertiary alicyclic amines) is 1. The topological polar surface area (TPSA) is 58.1 Å². The van der Waals surface area contributed by atoms with E-state index in [0.717, 1.165) is 19.5 Å². The van der Waals surface area contributed by atoms with Gasteiger partial charge in [-0.15, -0.1) is 0 Å². The van der Waals surface area contributed by atoms with Crippen LogP contribution in [0.2, 0.25) is 0 Å². The van der Waals surface area contributed by atoms with Crippen LogP contribution in [-0.2, 0) is 0 Å². The molecule has 3 aromatic rings. The van der Waals surface area contributed by atoms with Crippen LogP contribution < -0.4 is 5.56 Å². The summed E-state index contributed by atoms with van der Waals surface area (Å²) in [6, 6.07) is 14.4. The first-order valence-electron chi connectivity index (χ1n) is 9.58. The van der Waals surface area contributed by atoms with Gasteiger partial charge in [-0.3, -0.25) is 14.2 Å². The Morgan fingerprint density at radius 2 is 1.68 bits per heavy atom. The van der Waals surface area contributed by atoms with Crippen LogP contribution >= 0.6 is 12.2 Å². The van der Waals surface area contributed by atoms with E-state index in [0.29, 0.717) is 38.8 Å². The van der Waals surface area contributed by atoms with E-state index in [4.69, 9.17) is 12.2 Å². The molecule has 1 N–H and O–H groups in total. The van der Waals surface area contributed by atoms with Crippen molar-refractivity contribution >= 4 is 29.0 Å². The van der Waals surface area contributed by atoms with E-state index < -0.39 is 0 Å². The molecule has 1 saturated heterocycles. The number of carbonyl (C=O) groups excluding carboxylic acids is 1. The molecular formula is C22H23N3O2S. The Labute approximate surface area is 168 Å². The molecule has 0 aliphatic carbocycles. The van der Waals surface area contributed by atoms with Crippen molar-refractivity contribution in [2.24, 2.45) is 11.8 Å². The number of H-pyrrole nitrogens is 1. The van der Waals surface area contributed by atoms with Crippen molar-refractivity contribution < 1.29 is 4.79 Å². The van der Waals surface area contributed by atoms with Gasteiger partial charge in [0.1, 0.15) is 0 Å². The van der Waals surface area contributed by atoms with Gasteiger partial charge >= 0.3 is 0 Å². The third-order valence-corrected chi connectivity index (χ3v) is 5.62. The number of nitrogens with one attached hydrogen (secondary N) is 1. The number of carbonyl (C=O) groups is 1. The van der Waals surface area contributed by atoms with Crippen LogP contribution in [0.25, 0.3) is 16.6 Å². The second-order valence-corrected chi connectivity index (χ2v) is 8.21. The van der Waals surface area contributed by atoms with Gasteiger partial charge in [0, 0.05) is 18.7 Å². The van der Waals surface area contributed by atoms with Crippen molar-refractivity contribution in [3.63, 3.8) is 0 Å². The van der Waals surface area contributed by atoms with Gasteiger partial charge in [-0.1, -0.05) is 26.0 Å². The van der Waals surface area contributed by atoms with Crippen molar-refractivity contribution in [3.05, 3.63) is 69.2 Å². The van der Waals surface area contributed by atoms with Crippen LogP contribution in [0.1, 0.15) is 30.6 Å². The largest absolute Gasteiger partial charge is 0.338 e.